The van der Waals surface area contributed by atoms with Crippen LogP contribution >= 0.6 is 23.1 Å². The van der Waals surface area contributed by atoms with E-state index in [0.717, 1.165) is 13.1 Å². The number of allylic oxidation sites excluding steroid dienone is 6. The van der Waals surface area contributed by atoms with Crippen molar-refractivity contribution in [1.82, 2.24) is 0 Å². The fraction of sp³-hybridized carbons (Fsp3) is 0.344. The first-order chi connectivity index (χ1) is 17.5. The van der Waals surface area contributed by atoms with Crippen LogP contribution < -0.4 is 9.47 Å². The van der Waals surface area contributed by atoms with Crippen molar-refractivity contribution in [1.29, 1.82) is 0 Å². The van der Waals surface area contributed by atoms with E-state index in [9.17, 15) is 0 Å². The number of anilines is 1. The van der Waals surface area contributed by atoms with Crippen LogP contribution in [0.3, 0.4) is 0 Å². The molecule has 2 aliphatic carbocycles. The molecule has 0 fully saturated rings. The Morgan fingerprint density at radius 2 is 1.78 bits per heavy atom. The standard InChI is InChI=1S/C32H35N2S2/c1-5-33-27-13-7-21(3)15-29(27)35-31(33)19-23-9-11-25-12-10-24(18-26(25)17-23)20-32-34(6-2)28-14-8-22(4)16-30(28)36-32/h7-8,13-20,25H,5-6,9-12H2,1-4H3/q+1. The topological polar surface area (TPSA) is 7.12 Å². The molecule has 0 saturated heterocycles. The first-order valence-electron chi connectivity index (χ1n) is 13.4. The number of rotatable bonds is 4. The Labute approximate surface area is 223 Å². The summed E-state index contributed by atoms with van der Waals surface area (Å²) in [4.78, 5) is 3.86. The quantitative estimate of drug-likeness (QED) is 0.323. The second-order valence-corrected chi connectivity index (χ2v) is 12.4. The lowest BCUT2D eigenvalue weighted by Crippen LogP contribution is -2.33. The lowest BCUT2D eigenvalue weighted by molar-refractivity contribution is -0.665. The second kappa shape index (κ2) is 9.72. The molecule has 1 unspecified atom stereocenters. The molecule has 2 nitrogen and oxygen atoms in total. The van der Waals surface area contributed by atoms with Crippen molar-refractivity contribution in [2.75, 3.05) is 11.4 Å². The highest BCUT2D eigenvalue weighted by Gasteiger charge is 2.27. The van der Waals surface area contributed by atoms with Gasteiger partial charge in [-0.2, -0.15) is 4.57 Å². The maximum atomic E-state index is 2.50. The molecule has 4 heteroatoms. The average molecular weight is 512 g/mol. The third kappa shape index (κ3) is 4.39. The number of aromatic nitrogens is 1. The van der Waals surface area contributed by atoms with Crippen molar-refractivity contribution in [3.05, 3.63) is 92.5 Å². The van der Waals surface area contributed by atoms with Gasteiger partial charge in [-0.25, -0.2) is 0 Å². The summed E-state index contributed by atoms with van der Waals surface area (Å²) in [6.45, 7) is 10.9. The first kappa shape index (κ1) is 23.8. The van der Waals surface area contributed by atoms with Gasteiger partial charge >= 0.3 is 0 Å². The Morgan fingerprint density at radius 3 is 2.61 bits per heavy atom. The van der Waals surface area contributed by atoms with Crippen molar-refractivity contribution in [3.8, 4) is 0 Å². The van der Waals surface area contributed by atoms with Crippen molar-refractivity contribution < 1.29 is 4.57 Å². The van der Waals surface area contributed by atoms with Gasteiger partial charge in [0.05, 0.1) is 10.7 Å². The molecule has 1 atom stereocenters. The Bertz CT molecular complexity index is 1470. The van der Waals surface area contributed by atoms with Gasteiger partial charge in [-0.1, -0.05) is 47.4 Å². The van der Waals surface area contributed by atoms with Crippen LogP contribution in [0.25, 0.3) is 16.3 Å². The van der Waals surface area contributed by atoms with Crippen LogP contribution in [0.1, 0.15) is 55.7 Å². The van der Waals surface area contributed by atoms with Gasteiger partial charge in [0, 0.05) is 23.6 Å². The maximum absolute atomic E-state index is 2.50. The van der Waals surface area contributed by atoms with E-state index in [2.05, 4.69) is 97.9 Å². The Balaban J connectivity index is 1.31. The summed E-state index contributed by atoms with van der Waals surface area (Å²) >= 11 is 3.86. The van der Waals surface area contributed by atoms with E-state index >= 15 is 0 Å². The van der Waals surface area contributed by atoms with Crippen molar-refractivity contribution in [3.63, 3.8) is 0 Å². The molecule has 0 N–H and O–H groups in total. The Morgan fingerprint density at radius 1 is 0.972 bits per heavy atom. The van der Waals surface area contributed by atoms with Crippen LogP contribution in [0.4, 0.5) is 5.69 Å². The number of aryl methyl sites for hydroxylation is 3. The van der Waals surface area contributed by atoms with Crippen molar-refractivity contribution in [2.45, 2.75) is 64.8 Å². The molecule has 2 heterocycles. The largest absolute Gasteiger partial charge is 0.335 e. The number of fused-ring (bicyclic) bond motifs is 3. The normalized spacial score (nSPS) is 21.7. The predicted molar refractivity (Wildman–Crippen MR) is 157 cm³/mol. The number of nitrogens with zero attached hydrogens (tertiary/aromatic N) is 2. The summed E-state index contributed by atoms with van der Waals surface area (Å²) in [6.07, 6.45) is 14.8. The van der Waals surface area contributed by atoms with Crippen LogP contribution in [0.15, 0.2) is 81.3 Å². The van der Waals surface area contributed by atoms with E-state index in [4.69, 9.17) is 0 Å². The van der Waals surface area contributed by atoms with Crippen LogP contribution in [0.2, 0.25) is 0 Å². The molecule has 2 aromatic carbocycles. The molecule has 36 heavy (non-hydrogen) atoms. The minimum Gasteiger partial charge on any atom is -0.335 e. The summed E-state index contributed by atoms with van der Waals surface area (Å²) < 4.78 is 3.86. The zero-order chi connectivity index (χ0) is 24.8. The Hall–Kier alpha value is -2.56. The lowest BCUT2D eigenvalue weighted by atomic mass is 9.77. The molecular weight excluding hydrogens is 477 g/mol. The molecule has 0 spiro atoms. The van der Waals surface area contributed by atoms with E-state index in [0.29, 0.717) is 5.92 Å². The number of hydrogen-bond acceptors (Lipinski definition) is 3. The molecule has 3 aliphatic rings. The molecule has 184 valence electrons. The van der Waals surface area contributed by atoms with Gasteiger partial charge in [-0.15, -0.1) is 0 Å². The van der Waals surface area contributed by atoms with Crippen molar-refractivity contribution in [2.24, 2.45) is 5.92 Å². The highest BCUT2D eigenvalue weighted by atomic mass is 32.2. The third-order valence-electron chi connectivity index (χ3n) is 7.76. The fourth-order valence-electron chi connectivity index (χ4n) is 5.85. The second-order valence-electron chi connectivity index (χ2n) is 10.3. The van der Waals surface area contributed by atoms with Gasteiger partial charge in [0.2, 0.25) is 5.52 Å². The smallest absolute Gasteiger partial charge is 0.263 e. The molecule has 1 aliphatic heterocycles. The number of hydrogen-bond donors (Lipinski definition) is 0. The van der Waals surface area contributed by atoms with Gasteiger partial charge in [-0.05, 0) is 111 Å². The van der Waals surface area contributed by atoms with Crippen LogP contribution in [0, 0.1) is 19.8 Å². The molecule has 0 bridgehead atoms. The summed E-state index contributed by atoms with van der Waals surface area (Å²) in [5.74, 6) is 0.714. The lowest BCUT2D eigenvalue weighted by Gasteiger charge is -2.28. The third-order valence-corrected chi connectivity index (χ3v) is 9.95. The zero-order valence-corrected chi connectivity index (χ0v) is 23.4. The highest BCUT2D eigenvalue weighted by Crippen LogP contribution is 2.47. The molecule has 0 amide bonds. The molecule has 6 rings (SSSR count). The van der Waals surface area contributed by atoms with Gasteiger partial charge in [0.25, 0.3) is 5.01 Å². The molecule has 3 aromatic rings. The van der Waals surface area contributed by atoms with E-state index in [1.165, 1.54) is 84.4 Å². The van der Waals surface area contributed by atoms with E-state index in [1.807, 2.05) is 23.1 Å². The van der Waals surface area contributed by atoms with Crippen LogP contribution in [0.5, 0.6) is 0 Å². The monoisotopic (exact) mass is 511 g/mol. The number of thiazole rings is 1. The van der Waals surface area contributed by atoms with Gasteiger partial charge < -0.3 is 4.90 Å². The first-order valence-corrected chi connectivity index (χ1v) is 15.0. The molecule has 0 radical (unpaired) electrons. The van der Waals surface area contributed by atoms with Gasteiger partial charge in [0.1, 0.15) is 11.2 Å². The zero-order valence-electron chi connectivity index (χ0n) is 21.8. The SMILES string of the molecule is CCN1/C(=C/C2=CC3=C/C(=C/c4sc5cc(C)ccc5[n+]4CC)CCC3CC2)Sc2cc(C)ccc21. The minimum atomic E-state index is 0.714. The summed E-state index contributed by atoms with van der Waals surface area (Å²) in [5, 5.41) is 2.75. The highest BCUT2D eigenvalue weighted by molar-refractivity contribution is 8.03. The molecule has 1 aromatic heterocycles. The number of benzene rings is 2. The van der Waals surface area contributed by atoms with E-state index in [-0.39, 0.29) is 0 Å². The van der Waals surface area contributed by atoms with Gasteiger partial charge in [-0.3, -0.25) is 0 Å². The number of thioether (sulfide) groups is 1. The predicted octanol–water partition coefficient (Wildman–Crippen LogP) is 8.74. The van der Waals surface area contributed by atoms with E-state index in [1.54, 1.807) is 0 Å². The van der Waals surface area contributed by atoms with E-state index < -0.39 is 0 Å². The average Bonchev–Trinajstić information content (AvgIpc) is 3.39. The summed E-state index contributed by atoms with van der Waals surface area (Å²) in [5.41, 5.74) is 9.88. The maximum Gasteiger partial charge on any atom is 0.263 e. The van der Waals surface area contributed by atoms with Gasteiger partial charge in [0.15, 0.2) is 0 Å². The molecule has 0 saturated carbocycles. The fourth-order valence-corrected chi connectivity index (χ4v) is 8.45. The summed E-state index contributed by atoms with van der Waals surface area (Å²) in [7, 11) is 0. The van der Waals surface area contributed by atoms with Crippen LogP contribution in [-0.4, -0.2) is 6.54 Å². The summed E-state index contributed by atoms with van der Waals surface area (Å²) in [6, 6.07) is 13.7. The van der Waals surface area contributed by atoms with Crippen LogP contribution in [-0.2, 0) is 6.54 Å². The molecular formula is C32H35N2S2+. The minimum absolute atomic E-state index is 0.714. The Kier molecular flexibility index (Phi) is 6.43. The van der Waals surface area contributed by atoms with Crippen molar-refractivity contribution >= 4 is 45.1 Å².